The first kappa shape index (κ1) is 18.8. The molecular formula is C18H19BrClNO3. The Balaban J connectivity index is 0.00000208. The minimum Gasteiger partial charge on any atom is -0.488 e. The minimum absolute atomic E-state index is 0. The van der Waals surface area contributed by atoms with Crippen molar-refractivity contribution in [3.05, 3.63) is 53.0 Å². The number of halogens is 2. The molecule has 0 radical (unpaired) electrons. The normalized spacial score (nSPS) is 19.4. The summed E-state index contributed by atoms with van der Waals surface area (Å²) in [4.78, 5) is 11.6. The zero-order valence-corrected chi connectivity index (χ0v) is 15.6. The van der Waals surface area contributed by atoms with Gasteiger partial charge in [-0.15, -0.1) is 12.4 Å². The molecule has 0 spiro atoms. The van der Waals surface area contributed by atoms with Crippen LogP contribution in [-0.4, -0.2) is 31.8 Å². The SMILES string of the molecule is COC(=O)C1CC(Oc2ccc(Br)cc2-c2ccccc2)CN1.Cl. The van der Waals surface area contributed by atoms with Crippen molar-refractivity contribution in [3.63, 3.8) is 0 Å². The van der Waals surface area contributed by atoms with Crippen LogP contribution >= 0.6 is 28.3 Å². The lowest BCUT2D eigenvalue weighted by Crippen LogP contribution is -2.31. The minimum atomic E-state index is -0.291. The largest absolute Gasteiger partial charge is 0.488 e. The molecule has 0 aliphatic carbocycles. The van der Waals surface area contributed by atoms with Crippen LogP contribution in [0.4, 0.5) is 0 Å². The van der Waals surface area contributed by atoms with Crippen molar-refractivity contribution in [1.82, 2.24) is 5.32 Å². The van der Waals surface area contributed by atoms with Crippen molar-refractivity contribution in [3.8, 4) is 16.9 Å². The molecule has 1 aliphatic heterocycles. The molecular weight excluding hydrogens is 394 g/mol. The summed E-state index contributed by atoms with van der Waals surface area (Å²) in [5.74, 6) is 0.576. The van der Waals surface area contributed by atoms with Crippen molar-refractivity contribution >= 4 is 34.3 Å². The quantitative estimate of drug-likeness (QED) is 0.776. The van der Waals surface area contributed by atoms with Gasteiger partial charge in [0.1, 0.15) is 17.9 Å². The van der Waals surface area contributed by atoms with Crippen molar-refractivity contribution in [2.75, 3.05) is 13.7 Å². The molecule has 1 saturated heterocycles. The van der Waals surface area contributed by atoms with E-state index in [0.717, 1.165) is 21.3 Å². The molecule has 0 bridgehead atoms. The lowest BCUT2D eigenvalue weighted by atomic mass is 10.0. The first-order valence-corrected chi connectivity index (χ1v) is 8.29. The predicted octanol–water partition coefficient (Wildman–Crippen LogP) is 3.82. The number of ether oxygens (including phenoxy) is 2. The molecule has 1 fully saturated rings. The molecule has 6 heteroatoms. The molecule has 2 unspecified atom stereocenters. The van der Waals surface area contributed by atoms with E-state index in [2.05, 4.69) is 33.4 Å². The monoisotopic (exact) mass is 411 g/mol. The smallest absolute Gasteiger partial charge is 0.323 e. The van der Waals surface area contributed by atoms with Gasteiger partial charge in [-0.25, -0.2) is 0 Å². The second-order valence-corrected chi connectivity index (χ2v) is 6.38. The highest BCUT2D eigenvalue weighted by Gasteiger charge is 2.31. The average Bonchev–Trinajstić information content (AvgIpc) is 3.05. The predicted molar refractivity (Wildman–Crippen MR) is 99.7 cm³/mol. The Morgan fingerprint density at radius 1 is 1.21 bits per heavy atom. The molecule has 1 N–H and O–H groups in total. The summed E-state index contributed by atoms with van der Waals surface area (Å²) in [6.07, 6.45) is 0.555. The maximum atomic E-state index is 11.6. The third kappa shape index (κ3) is 4.29. The number of benzene rings is 2. The molecule has 1 heterocycles. The van der Waals surface area contributed by atoms with Gasteiger partial charge in [0, 0.05) is 23.0 Å². The summed E-state index contributed by atoms with van der Waals surface area (Å²) in [5, 5.41) is 3.14. The summed E-state index contributed by atoms with van der Waals surface area (Å²) in [5.41, 5.74) is 2.13. The van der Waals surface area contributed by atoms with Crippen LogP contribution in [-0.2, 0) is 9.53 Å². The maximum absolute atomic E-state index is 11.6. The van der Waals surface area contributed by atoms with Crippen molar-refractivity contribution in [2.24, 2.45) is 0 Å². The Bertz CT molecular complexity index is 696. The Morgan fingerprint density at radius 2 is 1.96 bits per heavy atom. The van der Waals surface area contributed by atoms with Crippen molar-refractivity contribution in [1.29, 1.82) is 0 Å². The number of hydrogen-bond donors (Lipinski definition) is 1. The van der Waals surface area contributed by atoms with E-state index < -0.39 is 0 Å². The molecule has 4 nitrogen and oxygen atoms in total. The van der Waals surface area contributed by atoms with E-state index in [1.54, 1.807) is 0 Å². The van der Waals surface area contributed by atoms with E-state index >= 15 is 0 Å². The van der Waals surface area contributed by atoms with Gasteiger partial charge in [0.2, 0.25) is 0 Å². The van der Waals surface area contributed by atoms with Gasteiger partial charge in [-0.3, -0.25) is 4.79 Å². The van der Waals surface area contributed by atoms with E-state index in [9.17, 15) is 4.79 Å². The van der Waals surface area contributed by atoms with Gasteiger partial charge in [0.25, 0.3) is 0 Å². The number of esters is 1. The summed E-state index contributed by atoms with van der Waals surface area (Å²) in [6, 6.07) is 15.8. The number of nitrogens with one attached hydrogen (secondary N) is 1. The van der Waals surface area contributed by atoms with E-state index in [1.807, 2.05) is 36.4 Å². The summed E-state index contributed by atoms with van der Waals surface area (Å²) in [6.45, 7) is 0.629. The molecule has 0 saturated carbocycles. The van der Waals surface area contributed by atoms with Crippen LogP contribution in [0.3, 0.4) is 0 Å². The van der Waals surface area contributed by atoms with E-state index in [1.165, 1.54) is 7.11 Å². The molecule has 128 valence electrons. The molecule has 3 rings (SSSR count). The second-order valence-electron chi connectivity index (χ2n) is 5.47. The number of hydrogen-bond acceptors (Lipinski definition) is 4. The fourth-order valence-corrected chi connectivity index (χ4v) is 3.10. The van der Waals surface area contributed by atoms with Crippen LogP contribution in [0.2, 0.25) is 0 Å². The number of carbonyl (C=O) groups is 1. The second kappa shape index (κ2) is 8.51. The van der Waals surface area contributed by atoms with Gasteiger partial charge >= 0.3 is 5.97 Å². The Hall–Kier alpha value is -1.56. The van der Waals surface area contributed by atoms with Gasteiger partial charge in [0.15, 0.2) is 0 Å². The van der Waals surface area contributed by atoms with Crippen LogP contribution < -0.4 is 10.1 Å². The molecule has 0 aromatic heterocycles. The Morgan fingerprint density at radius 3 is 2.67 bits per heavy atom. The zero-order chi connectivity index (χ0) is 16.2. The topological polar surface area (TPSA) is 47.6 Å². The third-order valence-electron chi connectivity index (χ3n) is 3.90. The van der Waals surface area contributed by atoms with E-state index in [-0.39, 0.29) is 30.5 Å². The van der Waals surface area contributed by atoms with Crippen LogP contribution in [0.25, 0.3) is 11.1 Å². The third-order valence-corrected chi connectivity index (χ3v) is 4.39. The average molecular weight is 413 g/mol. The van der Waals surface area contributed by atoms with E-state index in [4.69, 9.17) is 9.47 Å². The van der Waals surface area contributed by atoms with Crippen molar-refractivity contribution < 1.29 is 14.3 Å². The van der Waals surface area contributed by atoms with Gasteiger partial charge in [-0.2, -0.15) is 0 Å². The summed E-state index contributed by atoms with van der Waals surface area (Å²) < 4.78 is 11.9. The Kier molecular flexibility index (Phi) is 6.66. The fraction of sp³-hybridized carbons (Fsp3) is 0.278. The molecule has 2 aromatic carbocycles. The standard InChI is InChI=1S/C18H18BrNO3.ClH/c1-22-18(21)16-10-14(11-20-16)23-17-8-7-13(19)9-15(17)12-5-3-2-4-6-12;/h2-9,14,16,20H,10-11H2,1H3;1H. The lowest BCUT2D eigenvalue weighted by molar-refractivity contribution is -0.142. The molecule has 1 aliphatic rings. The van der Waals surface area contributed by atoms with Gasteiger partial charge in [-0.1, -0.05) is 46.3 Å². The van der Waals surface area contributed by atoms with E-state index in [0.29, 0.717) is 13.0 Å². The van der Waals surface area contributed by atoms with Gasteiger partial charge in [0.05, 0.1) is 7.11 Å². The van der Waals surface area contributed by atoms with Gasteiger partial charge in [-0.05, 0) is 23.8 Å². The number of carbonyl (C=O) groups excluding carboxylic acids is 1. The fourth-order valence-electron chi connectivity index (χ4n) is 2.74. The zero-order valence-electron chi connectivity index (χ0n) is 13.2. The highest BCUT2D eigenvalue weighted by atomic mass is 79.9. The Labute approximate surface area is 156 Å². The number of methoxy groups -OCH3 is 1. The van der Waals surface area contributed by atoms with Crippen LogP contribution in [0.5, 0.6) is 5.75 Å². The molecule has 0 amide bonds. The molecule has 2 atom stereocenters. The van der Waals surface area contributed by atoms with Crippen molar-refractivity contribution in [2.45, 2.75) is 18.6 Å². The van der Waals surface area contributed by atoms with Crippen LogP contribution in [0, 0.1) is 0 Å². The van der Waals surface area contributed by atoms with Gasteiger partial charge < -0.3 is 14.8 Å². The highest BCUT2D eigenvalue weighted by Crippen LogP contribution is 2.34. The first-order valence-electron chi connectivity index (χ1n) is 7.50. The number of rotatable bonds is 4. The maximum Gasteiger partial charge on any atom is 0.323 e. The highest BCUT2D eigenvalue weighted by molar-refractivity contribution is 9.10. The summed E-state index contributed by atoms with van der Waals surface area (Å²) in [7, 11) is 1.40. The van der Waals surface area contributed by atoms with Crippen LogP contribution in [0.15, 0.2) is 53.0 Å². The molecule has 24 heavy (non-hydrogen) atoms. The van der Waals surface area contributed by atoms with Crippen LogP contribution in [0.1, 0.15) is 6.42 Å². The molecule has 2 aromatic rings. The summed E-state index contributed by atoms with van der Waals surface area (Å²) >= 11 is 3.52. The first-order chi connectivity index (χ1) is 11.2. The lowest BCUT2D eigenvalue weighted by Gasteiger charge is -2.17.